The maximum atomic E-state index is 13.4. The number of carbonyl (C=O) groups is 1. The summed E-state index contributed by atoms with van der Waals surface area (Å²) in [4.78, 5) is 10.5. The molecule has 2 rings (SSSR count). The van der Waals surface area contributed by atoms with Crippen LogP contribution in [-0.4, -0.2) is 18.3 Å². The number of anilines is 1. The highest BCUT2D eigenvalue weighted by atomic mass is 19.1. The molecule has 1 amide bonds. The van der Waals surface area contributed by atoms with Gasteiger partial charge in [-0.15, -0.1) is 0 Å². The lowest BCUT2D eigenvalue weighted by molar-refractivity contribution is 0.194. The first kappa shape index (κ1) is 15.4. The van der Waals surface area contributed by atoms with E-state index in [0.717, 1.165) is 0 Å². The molecule has 0 aliphatic carbocycles. The Morgan fingerprint density at radius 3 is 2.64 bits per heavy atom. The standard InChI is InChI=1S/C15H15FN2O4/c1-21-12-5-10(16)6-13(7-12)22-11-2-3-14(17)9(4-11)8-18-15(19)20/h2-7,18H,8,17H2,1H3,(H,19,20). The zero-order valence-electron chi connectivity index (χ0n) is 11.8. The van der Waals surface area contributed by atoms with Crippen LogP contribution in [0.3, 0.4) is 0 Å². The first-order chi connectivity index (χ1) is 10.5. The van der Waals surface area contributed by atoms with E-state index in [0.29, 0.717) is 22.7 Å². The molecule has 0 aromatic heterocycles. The average Bonchev–Trinajstić information content (AvgIpc) is 2.47. The number of hydrogen-bond acceptors (Lipinski definition) is 4. The minimum absolute atomic E-state index is 0.0465. The number of hydrogen-bond donors (Lipinski definition) is 3. The van der Waals surface area contributed by atoms with Crippen LogP contribution in [0.2, 0.25) is 0 Å². The summed E-state index contributed by atoms with van der Waals surface area (Å²) in [6, 6.07) is 8.77. The van der Waals surface area contributed by atoms with Crippen molar-refractivity contribution in [2.75, 3.05) is 12.8 Å². The summed E-state index contributed by atoms with van der Waals surface area (Å²) in [7, 11) is 1.43. The highest BCUT2D eigenvalue weighted by molar-refractivity contribution is 5.65. The molecule has 0 fully saturated rings. The van der Waals surface area contributed by atoms with Gasteiger partial charge in [-0.25, -0.2) is 9.18 Å². The Morgan fingerprint density at radius 1 is 1.23 bits per heavy atom. The van der Waals surface area contributed by atoms with Crippen LogP contribution in [0.15, 0.2) is 36.4 Å². The van der Waals surface area contributed by atoms with Crippen molar-refractivity contribution in [2.45, 2.75) is 6.54 Å². The van der Waals surface area contributed by atoms with Crippen molar-refractivity contribution in [1.29, 1.82) is 0 Å². The number of benzene rings is 2. The molecule has 7 heteroatoms. The molecule has 0 aliphatic heterocycles. The minimum atomic E-state index is -1.15. The normalized spacial score (nSPS) is 10.1. The zero-order valence-corrected chi connectivity index (χ0v) is 11.8. The lowest BCUT2D eigenvalue weighted by Gasteiger charge is -2.11. The van der Waals surface area contributed by atoms with Crippen molar-refractivity contribution in [3.8, 4) is 17.2 Å². The van der Waals surface area contributed by atoms with Crippen LogP contribution >= 0.6 is 0 Å². The molecule has 4 N–H and O–H groups in total. The maximum Gasteiger partial charge on any atom is 0.404 e. The maximum absolute atomic E-state index is 13.4. The quantitative estimate of drug-likeness (QED) is 0.738. The molecule has 0 saturated heterocycles. The van der Waals surface area contributed by atoms with Crippen LogP contribution in [-0.2, 0) is 6.54 Å². The van der Waals surface area contributed by atoms with E-state index in [9.17, 15) is 9.18 Å². The second-order valence-corrected chi connectivity index (χ2v) is 4.45. The monoisotopic (exact) mass is 306 g/mol. The Labute approximate surface area is 126 Å². The molecule has 0 radical (unpaired) electrons. The number of halogens is 1. The number of amides is 1. The van der Waals surface area contributed by atoms with Gasteiger partial charge in [0.25, 0.3) is 0 Å². The predicted molar refractivity (Wildman–Crippen MR) is 78.7 cm³/mol. The fourth-order valence-corrected chi connectivity index (χ4v) is 1.82. The van der Waals surface area contributed by atoms with Gasteiger partial charge in [0.05, 0.1) is 7.11 Å². The van der Waals surface area contributed by atoms with E-state index >= 15 is 0 Å². The summed E-state index contributed by atoms with van der Waals surface area (Å²) in [5.74, 6) is 0.513. The number of methoxy groups -OCH3 is 1. The molecule has 0 heterocycles. The lowest BCUT2D eigenvalue weighted by atomic mass is 10.1. The Hall–Kier alpha value is -2.96. The second kappa shape index (κ2) is 6.66. The van der Waals surface area contributed by atoms with E-state index in [1.165, 1.54) is 25.3 Å². The van der Waals surface area contributed by atoms with Gasteiger partial charge in [0.15, 0.2) is 0 Å². The highest BCUT2D eigenvalue weighted by Gasteiger charge is 2.07. The largest absolute Gasteiger partial charge is 0.497 e. The summed E-state index contributed by atoms with van der Waals surface area (Å²) in [5.41, 5.74) is 6.76. The number of rotatable bonds is 5. The molecule has 2 aromatic rings. The van der Waals surface area contributed by atoms with Gasteiger partial charge >= 0.3 is 6.09 Å². The summed E-state index contributed by atoms with van der Waals surface area (Å²) in [6.45, 7) is 0.0465. The Kier molecular flexibility index (Phi) is 4.67. The van der Waals surface area contributed by atoms with Gasteiger partial charge in [-0.1, -0.05) is 0 Å². The highest BCUT2D eigenvalue weighted by Crippen LogP contribution is 2.28. The first-order valence-corrected chi connectivity index (χ1v) is 6.35. The van der Waals surface area contributed by atoms with Crippen molar-refractivity contribution in [1.82, 2.24) is 5.32 Å². The molecular formula is C15H15FN2O4. The molecule has 0 spiro atoms. The third kappa shape index (κ3) is 4.02. The minimum Gasteiger partial charge on any atom is -0.497 e. The molecular weight excluding hydrogens is 291 g/mol. The molecule has 0 bridgehead atoms. The molecule has 0 aliphatic rings. The fraction of sp³-hybridized carbons (Fsp3) is 0.133. The van der Waals surface area contributed by atoms with Gasteiger partial charge in [0.2, 0.25) is 0 Å². The van der Waals surface area contributed by atoms with E-state index in [4.69, 9.17) is 20.3 Å². The van der Waals surface area contributed by atoms with E-state index in [1.807, 2.05) is 0 Å². The number of carboxylic acid groups (broad SMARTS) is 1. The molecule has 2 aromatic carbocycles. The molecule has 0 unspecified atom stereocenters. The molecule has 0 saturated carbocycles. The Bertz CT molecular complexity index is 691. The van der Waals surface area contributed by atoms with E-state index < -0.39 is 11.9 Å². The van der Waals surface area contributed by atoms with Gasteiger partial charge in [0, 0.05) is 30.4 Å². The molecule has 6 nitrogen and oxygen atoms in total. The van der Waals surface area contributed by atoms with Crippen molar-refractivity contribution >= 4 is 11.8 Å². The Balaban J connectivity index is 2.21. The fourth-order valence-electron chi connectivity index (χ4n) is 1.82. The SMILES string of the molecule is COc1cc(F)cc(Oc2ccc(N)c(CNC(=O)O)c2)c1. The first-order valence-electron chi connectivity index (χ1n) is 6.35. The van der Waals surface area contributed by atoms with Crippen LogP contribution in [0.25, 0.3) is 0 Å². The third-order valence-electron chi connectivity index (χ3n) is 2.86. The molecule has 22 heavy (non-hydrogen) atoms. The van der Waals surface area contributed by atoms with Crippen LogP contribution in [0.1, 0.15) is 5.56 Å². The number of ether oxygens (including phenoxy) is 2. The summed E-state index contributed by atoms with van der Waals surface area (Å²) in [5, 5.41) is 10.8. The van der Waals surface area contributed by atoms with Gasteiger partial charge in [-0.3, -0.25) is 0 Å². The van der Waals surface area contributed by atoms with Crippen LogP contribution < -0.4 is 20.5 Å². The van der Waals surface area contributed by atoms with Gasteiger partial charge in [-0.2, -0.15) is 0 Å². The van der Waals surface area contributed by atoms with E-state index in [1.54, 1.807) is 18.2 Å². The smallest absolute Gasteiger partial charge is 0.404 e. The number of nitrogen functional groups attached to an aromatic ring is 1. The van der Waals surface area contributed by atoms with Crippen LogP contribution in [0.5, 0.6) is 17.2 Å². The summed E-state index contributed by atoms with van der Waals surface area (Å²) in [6.07, 6.45) is -1.15. The predicted octanol–water partition coefficient (Wildman–Crippen LogP) is 2.98. The zero-order chi connectivity index (χ0) is 16.1. The van der Waals surface area contributed by atoms with Gasteiger partial charge in [0.1, 0.15) is 23.1 Å². The van der Waals surface area contributed by atoms with Crippen molar-refractivity contribution < 1.29 is 23.8 Å². The third-order valence-corrected chi connectivity index (χ3v) is 2.86. The van der Waals surface area contributed by atoms with Crippen LogP contribution in [0, 0.1) is 5.82 Å². The van der Waals surface area contributed by atoms with Crippen molar-refractivity contribution in [3.63, 3.8) is 0 Å². The van der Waals surface area contributed by atoms with Crippen LogP contribution in [0.4, 0.5) is 14.9 Å². The van der Waals surface area contributed by atoms with Crippen molar-refractivity contribution in [3.05, 3.63) is 47.8 Å². The molecule has 116 valence electrons. The van der Waals surface area contributed by atoms with E-state index in [-0.39, 0.29) is 12.3 Å². The average molecular weight is 306 g/mol. The number of nitrogens with one attached hydrogen (secondary N) is 1. The topological polar surface area (TPSA) is 93.8 Å². The van der Waals surface area contributed by atoms with Gasteiger partial charge in [-0.05, 0) is 23.8 Å². The van der Waals surface area contributed by atoms with Crippen molar-refractivity contribution in [2.24, 2.45) is 0 Å². The summed E-state index contributed by atoms with van der Waals surface area (Å²) < 4.78 is 23.9. The lowest BCUT2D eigenvalue weighted by Crippen LogP contribution is -2.20. The molecule has 0 atom stereocenters. The Morgan fingerprint density at radius 2 is 1.95 bits per heavy atom. The van der Waals surface area contributed by atoms with Gasteiger partial charge < -0.3 is 25.6 Å². The van der Waals surface area contributed by atoms with E-state index in [2.05, 4.69) is 5.32 Å². The summed E-state index contributed by atoms with van der Waals surface area (Å²) >= 11 is 0. The number of nitrogens with two attached hydrogens (primary N) is 1. The second-order valence-electron chi connectivity index (χ2n) is 4.45.